The van der Waals surface area contributed by atoms with E-state index < -0.39 is 0 Å². The van der Waals surface area contributed by atoms with Gasteiger partial charge in [-0.1, -0.05) is 62.6 Å². The van der Waals surface area contributed by atoms with Crippen LogP contribution in [0, 0.1) is 0 Å². The molecule has 0 bridgehead atoms. The molecule has 0 unspecified atom stereocenters. The van der Waals surface area contributed by atoms with Crippen LogP contribution < -0.4 is 4.74 Å². The molecule has 3 aromatic rings. The highest BCUT2D eigenvalue weighted by Crippen LogP contribution is 2.25. The first-order valence-corrected chi connectivity index (χ1v) is 9.11. The minimum atomic E-state index is 0.0676. The zero-order valence-corrected chi connectivity index (χ0v) is 15.1. The monoisotopic (exact) mass is 348 g/mol. The van der Waals surface area contributed by atoms with E-state index in [0.29, 0.717) is 5.82 Å². The molecule has 1 heterocycles. The standard InChI is InChI=1S/C22H24N2O2/c1-2-3-4-5-14-26-21-12-10-18(11-13-21)17-6-8-19(9-7-17)22-23-15-20(25)16-24-22/h6-13,15-16,25H,2-5,14H2,1H3. The topological polar surface area (TPSA) is 55.2 Å². The second kappa shape index (κ2) is 8.99. The van der Waals surface area contributed by atoms with Gasteiger partial charge in [-0.15, -0.1) is 0 Å². The number of aromatic nitrogens is 2. The predicted molar refractivity (Wildman–Crippen MR) is 104 cm³/mol. The molecule has 3 rings (SSSR count). The third-order valence-electron chi connectivity index (χ3n) is 4.24. The Labute approximate surface area is 154 Å². The summed E-state index contributed by atoms with van der Waals surface area (Å²) in [4.78, 5) is 8.26. The van der Waals surface area contributed by atoms with Crippen LogP contribution in [0.2, 0.25) is 0 Å². The van der Waals surface area contributed by atoms with Crippen molar-refractivity contribution in [1.82, 2.24) is 9.97 Å². The quantitative estimate of drug-likeness (QED) is 0.548. The first-order chi connectivity index (χ1) is 12.8. The molecule has 134 valence electrons. The number of unbranched alkanes of at least 4 members (excludes halogenated alkanes) is 3. The summed E-state index contributed by atoms with van der Waals surface area (Å²) in [6, 6.07) is 16.3. The average Bonchev–Trinajstić information content (AvgIpc) is 2.69. The van der Waals surface area contributed by atoms with Crippen LogP contribution in [-0.4, -0.2) is 21.7 Å². The van der Waals surface area contributed by atoms with Gasteiger partial charge in [-0.3, -0.25) is 0 Å². The van der Waals surface area contributed by atoms with Crippen molar-refractivity contribution >= 4 is 0 Å². The Morgan fingerprint density at radius 2 is 1.35 bits per heavy atom. The van der Waals surface area contributed by atoms with Crippen molar-refractivity contribution in [2.75, 3.05) is 6.61 Å². The van der Waals surface area contributed by atoms with Gasteiger partial charge in [-0.05, 0) is 29.7 Å². The van der Waals surface area contributed by atoms with E-state index in [4.69, 9.17) is 4.74 Å². The van der Waals surface area contributed by atoms with Crippen LogP contribution in [-0.2, 0) is 0 Å². The Hall–Kier alpha value is -2.88. The van der Waals surface area contributed by atoms with Crippen molar-refractivity contribution in [2.24, 2.45) is 0 Å². The molecule has 0 fully saturated rings. The Morgan fingerprint density at radius 3 is 1.96 bits per heavy atom. The van der Waals surface area contributed by atoms with Crippen molar-refractivity contribution in [3.8, 4) is 34.0 Å². The molecule has 0 spiro atoms. The lowest BCUT2D eigenvalue weighted by Gasteiger charge is -2.08. The highest BCUT2D eigenvalue weighted by atomic mass is 16.5. The SMILES string of the molecule is CCCCCCOc1ccc(-c2ccc(-c3ncc(O)cn3)cc2)cc1. The van der Waals surface area contributed by atoms with Crippen molar-refractivity contribution in [1.29, 1.82) is 0 Å². The first kappa shape index (κ1) is 17.9. The van der Waals surface area contributed by atoms with Gasteiger partial charge in [0.2, 0.25) is 0 Å². The molecular formula is C22H24N2O2. The van der Waals surface area contributed by atoms with E-state index in [9.17, 15) is 5.11 Å². The summed E-state index contributed by atoms with van der Waals surface area (Å²) < 4.78 is 5.79. The maximum atomic E-state index is 9.28. The molecule has 0 aliphatic carbocycles. The van der Waals surface area contributed by atoms with E-state index in [0.717, 1.165) is 35.5 Å². The molecule has 0 saturated heterocycles. The number of hydrogen-bond acceptors (Lipinski definition) is 4. The number of ether oxygens (including phenoxy) is 1. The zero-order valence-electron chi connectivity index (χ0n) is 15.1. The van der Waals surface area contributed by atoms with Crippen LogP contribution >= 0.6 is 0 Å². The van der Waals surface area contributed by atoms with Crippen LogP contribution in [0.3, 0.4) is 0 Å². The van der Waals surface area contributed by atoms with E-state index in [1.807, 2.05) is 36.4 Å². The Bertz CT molecular complexity index is 797. The highest BCUT2D eigenvalue weighted by molar-refractivity contribution is 5.68. The molecular weight excluding hydrogens is 324 g/mol. The van der Waals surface area contributed by atoms with Crippen molar-refractivity contribution in [3.63, 3.8) is 0 Å². The van der Waals surface area contributed by atoms with Gasteiger partial charge >= 0.3 is 0 Å². The molecule has 0 aliphatic rings. The van der Waals surface area contributed by atoms with Crippen molar-refractivity contribution in [2.45, 2.75) is 32.6 Å². The third-order valence-corrected chi connectivity index (χ3v) is 4.24. The van der Waals surface area contributed by atoms with E-state index in [1.165, 1.54) is 31.7 Å². The number of rotatable bonds is 8. The summed E-state index contributed by atoms with van der Waals surface area (Å²) in [5.41, 5.74) is 3.18. The molecule has 1 aromatic heterocycles. The molecule has 0 atom stereocenters. The third kappa shape index (κ3) is 4.82. The lowest BCUT2D eigenvalue weighted by Crippen LogP contribution is -1.96. The van der Waals surface area contributed by atoms with Gasteiger partial charge in [0.05, 0.1) is 19.0 Å². The summed E-state index contributed by atoms with van der Waals surface area (Å²) in [6.07, 6.45) is 7.65. The Kier molecular flexibility index (Phi) is 6.20. The fourth-order valence-corrected chi connectivity index (χ4v) is 2.74. The van der Waals surface area contributed by atoms with Gasteiger partial charge in [0, 0.05) is 5.56 Å². The van der Waals surface area contributed by atoms with Crippen LogP contribution in [0.15, 0.2) is 60.9 Å². The van der Waals surface area contributed by atoms with E-state index in [1.54, 1.807) is 0 Å². The van der Waals surface area contributed by atoms with Crippen molar-refractivity contribution in [3.05, 3.63) is 60.9 Å². The molecule has 1 N–H and O–H groups in total. The maximum absolute atomic E-state index is 9.28. The van der Waals surface area contributed by atoms with Gasteiger partial charge in [-0.25, -0.2) is 9.97 Å². The fraction of sp³-hybridized carbons (Fsp3) is 0.273. The second-order valence-electron chi connectivity index (χ2n) is 6.28. The highest BCUT2D eigenvalue weighted by Gasteiger charge is 2.03. The molecule has 0 saturated carbocycles. The number of hydrogen-bond donors (Lipinski definition) is 1. The number of benzene rings is 2. The fourth-order valence-electron chi connectivity index (χ4n) is 2.74. The molecule has 0 radical (unpaired) electrons. The lowest BCUT2D eigenvalue weighted by atomic mass is 10.0. The van der Waals surface area contributed by atoms with Crippen LogP contribution in [0.1, 0.15) is 32.6 Å². The Morgan fingerprint density at radius 1 is 0.769 bits per heavy atom. The van der Waals surface area contributed by atoms with Gasteiger partial charge in [0.15, 0.2) is 11.6 Å². The summed E-state index contributed by atoms with van der Waals surface area (Å²) >= 11 is 0. The molecule has 0 aliphatic heterocycles. The smallest absolute Gasteiger partial charge is 0.159 e. The average molecular weight is 348 g/mol. The maximum Gasteiger partial charge on any atom is 0.159 e. The first-order valence-electron chi connectivity index (χ1n) is 9.11. The van der Waals surface area contributed by atoms with Gasteiger partial charge in [-0.2, -0.15) is 0 Å². The van der Waals surface area contributed by atoms with Crippen molar-refractivity contribution < 1.29 is 9.84 Å². The molecule has 4 heteroatoms. The van der Waals surface area contributed by atoms with E-state index >= 15 is 0 Å². The zero-order chi connectivity index (χ0) is 18.2. The largest absolute Gasteiger partial charge is 0.505 e. The minimum absolute atomic E-state index is 0.0676. The summed E-state index contributed by atoms with van der Waals surface area (Å²) in [6.45, 7) is 2.99. The molecule has 0 amide bonds. The predicted octanol–water partition coefficient (Wildman–Crippen LogP) is 5.48. The lowest BCUT2D eigenvalue weighted by molar-refractivity contribution is 0.305. The number of aromatic hydroxyl groups is 1. The van der Waals surface area contributed by atoms with Gasteiger partial charge in [0.25, 0.3) is 0 Å². The summed E-state index contributed by atoms with van der Waals surface area (Å²) in [5, 5.41) is 9.28. The Balaban J connectivity index is 1.61. The molecule has 2 aromatic carbocycles. The second-order valence-corrected chi connectivity index (χ2v) is 6.28. The molecule has 4 nitrogen and oxygen atoms in total. The number of nitrogens with zero attached hydrogens (tertiary/aromatic N) is 2. The van der Waals surface area contributed by atoms with Gasteiger partial charge < -0.3 is 9.84 Å². The molecule has 26 heavy (non-hydrogen) atoms. The van der Waals surface area contributed by atoms with Crippen LogP contribution in [0.25, 0.3) is 22.5 Å². The minimum Gasteiger partial charge on any atom is -0.505 e. The van der Waals surface area contributed by atoms with Crippen LogP contribution in [0.4, 0.5) is 0 Å². The summed E-state index contributed by atoms with van der Waals surface area (Å²) in [7, 11) is 0. The normalized spacial score (nSPS) is 10.7. The van der Waals surface area contributed by atoms with Crippen LogP contribution in [0.5, 0.6) is 11.5 Å². The van der Waals surface area contributed by atoms with E-state index in [2.05, 4.69) is 29.0 Å². The van der Waals surface area contributed by atoms with E-state index in [-0.39, 0.29) is 5.75 Å². The van der Waals surface area contributed by atoms with Gasteiger partial charge in [0.1, 0.15) is 5.75 Å². The summed E-state index contributed by atoms with van der Waals surface area (Å²) in [5.74, 6) is 1.58.